The SMILES string of the molecule is CCOP1(=O)OC(C)(P(=O)(OCC)OCC)CC1c1ccccc1. The lowest BCUT2D eigenvalue weighted by molar-refractivity contribution is 0.101. The predicted molar refractivity (Wildman–Crippen MR) is 93.4 cm³/mol. The standard InChI is InChI=1S/C16H26O6P2/c1-5-19-23(17)15(14-11-9-8-10-12-14)13-16(4,22-23)24(18,20-6-2)21-7-3/h8-12,15H,5-7,13H2,1-4H3. The Morgan fingerprint density at radius 3 is 2.25 bits per heavy atom. The molecule has 1 heterocycles. The van der Waals surface area contributed by atoms with Gasteiger partial charge in [-0.15, -0.1) is 0 Å². The van der Waals surface area contributed by atoms with Crippen molar-refractivity contribution in [1.29, 1.82) is 0 Å². The maximum absolute atomic E-state index is 13.3. The molecule has 1 aromatic rings. The average Bonchev–Trinajstić information content (AvgIpc) is 2.82. The summed E-state index contributed by atoms with van der Waals surface area (Å²) < 4.78 is 48.8. The Hall–Kier alpha value is -0.480. The summed E-state index contributed by atoms with van der Waals surface area (Å²) in [6.07, 6.45) is 0.242. The summed E-state index contributed by atoms with van der Waals surface area (Å²) in [7, 11) is -7.11. The molecule has 1 saturated heterocycles. The van der Waals surface area contributed by atoms with Gasteiger partial charge in [-0.2, -0.15) is 0 Å². The van der Waals surface area contributed by atoms with Crippen LogP contribution in [0.5, 0.6) is 0 Å². The monoisotopic (exact) mass is 376 g/mol. The average molecular weight is 376 g/mol. The van der Waals surface area contributed by atoms with Crippen LogP contribution >= 0.6 is 15.2 Å². The minimum absolute atomic E-state index is 0.213. The van der Waals surface area contributed by atoms with Crippen LogP contribution < -0.4 is 0 Å². The normalized spacial score (nSPS) is 30.6. The van der Waals surface area contributed by atoms with E-state index < -0.39 is 26.2 Å². The Morgan fingerprint density at radius 1 is 1.17 bits per heavy atom. The summed E-state index contributed by atoms with van der Waals surface area (Å²) in [5.41, 5.74) is 0.329. The Labute approximate surface area is 143 Å². The van der Waals surface area contributed by atoms with E-state index in [1.54, 1.807) is 27.7 Å². The van der Waals surface area contributed by atoms with Crippen molar-refractivity contribution in [1.82, 2.24) is 0 Å². The molecular formula is C16H26O6P2. The summed E-state index contributed by atoms with van der Waals surface area (Å²) >= 11 is 0. The van der Waals surface area contributed by atoms with Crippen LogP contribution in [-0.2, 0) is 27.2 Å². The first-order valence-electron chi connectivity index (χ1n) is 8.23. The molecular weight excluding hydrogens is 350 g/mol. The number of hydrogen-bond acceptors (Lipinski definition) is 6. The van der Waals surface area contributed by atoms with Gasteiger partial charge in [0.2, 0.25) is 0 Å². The molecule has 3 atom stereocenters. The fraction of sp³-hybridized carbons (Fsp3) is 0.625. The second-order valence-electron chi connectivity index (χ2n) is 5.69. The Morgan fingerprint density at radius 2 is 1.75 bits per heavy atom. The van der Waals surface area contributed by atoms with Gasteiger partial charge in [0.05, 0.1) is 25.5 Å². The highest BCUT2D eigenvalue weighted by Gasteiger charge is 2.62. The van der Waals surface area contributed by atoms with Crippen molar-refractivity contribution in [2.45, 2.75) is 45.1 Å². The predicted octanol–water partition coefficient (Wildman–Crippen LogP) is 5.36. The first-order chi connectivity index (χ1) is 11.3. The fourth-order valence-electron chi connectivity index (χ4n) is 2.93. The molecule has 0 saturated carbocycles. The second-order valence-corrected chi connectivity index (χ2v) is 10.3. The Balaban J connectivity index is 2.44. The van der Waals surface area contributed by atoms with Crippen LogP contribution in [0.1, 0.15) is 45.3 Å². The van der Waals surface area contributed by atoms with E-state index in [-0.39, 0.29) is 26.2 Å². The van der Waals surface area contributed by atoms with Crippen molar-refractivity contribution in [3.8, 4) is 0 Å². The molecule has 8 heteroatoms. The Kier molecular flexibility index (Phi) is 6.46. The van der Waals surface area contributed by atoms with Crippen LogP contribution in [0, 0.1) is 0 Å². The van der Waals surface area contributed by atoms with Gasteiger partial charge >= 0.3 is 15.2 Å². The van der Waals surface area contributed by atoms with Gasteiger partial charge in [0, 0.05) is 6.42 Å². The zero-order chi connectivity index (χ0) is 17.8. The van der Waals surface area contributed by atoms with Crippen LogP contribution in [0.15, 0.2) is 30.3 Å². The molecule has 0 spiro atoms. The van der Waals surface area contributed by atoms with Crippen molar-refractivity contribution < 1.29 is 27.2 Å². The van der Waals surface area contributed by atoms with Crippen LogP contribution in [0.25, 0.3) is 0 Å². The van der Waals surface area contributed by atoms with Gasteiger partial charge in [0.25, 0.3) is 0 Å². The zero-order valence-corrected chi connectivity index (χ0v) is 16.4. The molecule has 1 aromatic carbocycles. The highest BCUT2D eigenvalue weighted by Crippen LogP contribution is 2.79. The van der Waals surface area contributed by atoms with Gasteiger partial charge in [-0.3, -0.25) is 13.7 Å². The van der Waals surface area contributed by atoms with Gasteiger partial charge in [0.1, 0.15) is 0 Å². The second kappa shape index (κ2) is 7.82. The van der Waals surface area contributed by atoms with Crippen LogP contribution in [-0.4, -0.2) is 25.2 Å². The summed E-state index contributed by atoms with van der Waals surface area (Å²) in [5.74, 6) is 0. The molecule has 0 aliphatic carbocycles. The molecule has 24 heavy (non-hydrogen) atoms. The van der Waals surface area contributed by atoms with Crippen molar-refractivity contribution in [2.75, 3.05) is 19.8 Å². The summed E-state index contributed by atoms with van der Waals surface area (Å²) in [4.78, 5) is 0. The van der Waals surface area contributed by atoms with Gasteiger partial charge in [0.15, 0.2) is 5.34 Å². The third kappa shape index (κ3) is 3.70. The largest absolute Gasteiger partial charge is 0.362 e. The minimum atomic E-state index is -3.61. The highest BCUT2D eigenvalue weighted by molar-refractivity contribution is 7.59. The van der Waals surface area contributed by atoms with Gasteiger partial charge < -0.3 is 13.6 Å². The first kappa shape index (κ1) is 19.8. The molecule has 3 unspecified atom stereocenters. The van der Waals surface area contributed by atoms with Gasteiger partial charge in [-0.1, -0.05) is 30.3 Å². The third-order valence-electron chi connectivity index (χ3n) is 3.95. The smallest absolute Gasteiger partial charge is 0.308 e. The molecule has 0 amide bonds. The molecule has 1 aliphatic heterocycles. The molecule has 0 N–H and O–H groups in total. The van der Waals surface area contributed by atoms with E-state index in [2.05, 4.69) is 0 Å². The number of hydrogen-bond donors (Lipinski definition) is 0. The van der Waals surface area contributed by atoms with E-state index in [0.717, 1.165) is 5.56 Å². The molecule has 0 aromatic heterocycles. The fourth-order valence-corrected chi connectivity index (χ4v) is 7.97. The highest BCUT2D eigenvalue weighted by atomic mass is 31.2. The number of benzene rings is 1. The summed E-state index contributed by atoms with van der Waals surface area (Å²) in [6, 6.07) is 9.36. The topological polar surface area (TPSA) is 71.1 Å². The van der Waals surface area contributed by atoms with Gasteiger partial charge in [-0.05, 0) is 33.3 Å². The van der Waals surface area contributed by atoms with Crippen LogP contribution in [0.4, 0.5) is 0 Å². The third-order valence-corrected chi connectivity index (χ3v) is 9.24. The zero-order valence-electron chi connectivity index (χ0n) is 14.6. The minimum Gasteiger partial charge on any atom is -0.308 e. The van der Waals surface area contributed by atoms with E-state index in [0.29, 0.717) is 0 Å². The molecule has 1 aliphatic rings. The number of rotatable bonds is 8. The van der Waals surface area contributed by atoms with E-state index >= 15 is 0 Å². The lowest BCUT2D eigenvalue weighted by Gasteiger charge is -2.31. The molecule has 2 rings (SSSR count). The van der Waals surface area contributed by atoms with Crippen molar-refractivity contribution >= 4 is 15.2 Å². The Bertz CT molecular complexity index is 625. The van der Waals surface area contributed by atoms with Gasteiger partial charge in [-0.25, -0.2) is 0 Å². The van der Waals surface area contributed by atoms with Crippen molar-refractivity contribution in [3.63, 3.8) is 0 Å². The van der Waals surface area contributed by atoms with Crippen molar-refractivity contribution in [2.24, 2.45) is 0 Å². The summed E-state index contributed by atoms with van der Waals surface area (Å²) in [5, 5.41) is -1.32. The lowest BCUT2D eigenvalue weighted by Crippen LogP contribution is -2.26. The van der Waals surface area contributed by atoms with E-state index in [9.17, 15) is 9.13 Å². The molecule has 0 bridgehead atoms. The molecule has 0 radical (unpaired) electrons. The maximum atomic E-state index is 13.3. The van der Waals surface area contributed by atoms with E-state index in [4.69, 9.17) is 18.1 Å². The van der Waals surface area contributed by atoms with Crippen molar-refractivity contribution in [3.05, 3.63) is 35.9 Å². The lowest BCUT2D eigenvalue weighted by atomic mass is 10.1. The molecule has 6 nitrogen and oxygen atoms in total. The van der Waals surface area contributed by atoms with E-state index in [1.165, 1.54) is 0 Å². The summed E-state index contributed by atoms with van der Waals surface area (Å²) in [6.45, 7) is 7.53. The van der Waals surface area contributed by atoms with Crippen LogP contribution in [0.2, 0.25) is 0 Å². The van der Waals surface area contributed by atoms with E-state index in [1.807, 2.05) is 30.3 Å². The maximum Gasteiger partial charge on any atom is 0.362 e. The quantitative estimate of drug-likeness (QED) is 0.569. The van der Waals surface area contributed by atoms with Crippen LogP contribution in [0.3, 0.4) is 0 Å². The first-order valence-corrected chi connectivity index (χ1v) is 11.4. The molecule has 1 fully saturated rings. The molecule has 136 valence electrons.